The fourth-order valence-corrected chi connectivity index (χ4v) is 5.63. The lowest BCUT2D eigenvalue weighted by atomic mass is 9.96. The van der Waals surface area contributed by atoms with E-state index in [-0.39, 0.29) is 37.2 Å². The minimum atomic E-state index is 0. The molecule has 1 aromatic heterocycles. The minimum absolute atomic E-state index is 0. The molecule has 39 heavy (non-hydrogen) atoms. The van der Waals surface area contributed by atoms with E-state index >= 15 is 0 Å². The van der Waals surface area contributed by atoms with Crippen molar-refractivity contribution in [2.45, 2.75) is 45.7 Å². The molecule has 1 atom stereocenters. The summed E-state index contributed by atoms with van der Waals surface area (Å²) in [4.78, 5) is 14.1. The number of aryl methyl sites for hydroxylation is 2. The Labute approximate surface area is 252 Å². The zero-order valence-electron chi connectivity index (χ0n) is 23.0. The average molecular weight is 588 g/mol. The largest absolute Gasteiger partial charge is 0.342 e. The van der Waals surface area contributed by atoms with Crippen molar-refractivity contribution in [2.24, 2.45) is 0 Å². The van der Waals surface area contributed by atoms with Crippen LogP contribution in [0.4, 0.5) is 0 Å². The first-order chi connectivity index (χ1) is 17.7. The molecule has 0 bridgehead atoms. The molecule has 1 aliphatic rings. The van der Waals surface area contributed by atoms with E-state index in [1.807, 2.05) is 0 Å². The number of hydrogen-bond acceptors (Lipinski definition) is 3. The van der Waals surface area contributed by atoms with Crippen molar-refractivity contribution >= 4 is 37.2 Å². The van der Waals surface area contributed by atoms with E-state index in [9.17, 15) is 0 Å². The number of halogens is 3. The van der Waals surface area contributed by atoms with E-state index < -0.39 is 0 Å². The maximum Gasteiger partial charge on any atom is 0.137 e. The molecule has 1 fully saturated rings. The molecule has 4 nitrogen and oxygen atoms in total. The molecule has 0 amide bonds. The zero-order chi connectivity index (χ0) is 24.9. The Morgan fingerprint density at radius 1 is 0.718 bits per heavy atom. The maximum atomic E-state index is 5.17. The minimum Gasteiger partial charge on any atom is -0.342 e. The number of hydrogen-bond donors (Lipinski definition) is 1. The standard InChI is InChI=1S/C32H38N4.3ClH/c1-4-28-30(34-32(33-28)27-18-16-24(3)17-19-27)29(5-2)35-20-22-36(23-21-35)31(25-12-8-6-9-13-25)26-14-10-7-11-15-26;;;/h6-19,29,31H,4-5,20-23H2,1-3H3,(H,33,34);3*1H. The van der Waals surface area contributed by atoms with Gasteiger partial charge in [0, 0.05) is 37.4 Å². The fraction of sp³-hybridized carbons (Fsp3) is 0.344. The van der Waals surface area contributed by atoms with E-state index in [0.717, 1.165) is 50.4 Å². The van der Waals surface area contributed by atoms with Gasteiger partial charge in [0.15, 0.2) is 0 Å². The van der Waals surface area contributed by atoms with Crippen LogP contribution in [0.15, 0.2) is 84.9 Å². The summed E-state index contributed by atoms with van der Waals surface area (Å²) in [6.45, 7) is 10.8. The van der Waals surface area contributed by atoms with Gasteiger partial charge in [-0.2, -0.15) is 0 Å². The summed E-state index contributed by atoms with van der Waals surface area (Å²) in [6, 6.07) is 31.2. The van der Waals surface area contributed by atoms with Crippen LogP contribution in [-0.4, -0.2) is 45.9 Å². The molecule has 5 rings (SSSR count). The van der Waals surface area contributed by atoms with Crippen LogP contribution < -0.4 is 0 Å². The smallest absolute Gasteiger partial charge is 0.137 e. The van der Waals surface area contributed by atoms with Crippen LogP contribution in [0.2, 0.25) is 0 Å². The number of benzene rings is 3. The molecule has 0 saturated carbocycles. The lowest BCUT2D eigenvalue weighted by Crippen LogP contribution is -2.49. The van der Waals surface area contributed by atoms with Gasteiger partial charge in [0.25, 0.3) is 0 Å². The van der Waals surface area contributed by atoms with Gasteiger partial charge in [0.1, 0.15) is 5.82 Å². The van der Waals surface area contributed by atoms with E-state index in [2.05, 4.69) is 120 Å². The van der Waals surface area contributed by atoms with Gasteiger partial charge in [-0.25, -0.2) is 4.98 Å². The van der Waals surface area contributed by atoms with Crippen molar-refractivity contribution in [3.05, 3.63) is 113 Å². The van der Waals surface area contributed by atoms with Crippen molar-refractivity contribution in [1.82, 2.24) is 19.8 Å². The van der Waals surface area contributed by atoms with Crippen LogP contribution in [0.3, 0.4) is 0 Å². The normalized spacial score (nSPS) is 14.7. The van der Waals surface area contributed by atoms with Gasteiger partial charge in [-0.15, -0.1) is 37.2 Å². The van der Waals surface area contributed by atoms with E-state index in [1.54, 1.807) is 0 Å². The van der Waals surface area contributed by atoms with Crippen LogP contribution >= 0.6 is 37.2 Å². The van der Waals surface area contributed by atoms with Crippen LogP contribution in [0.5, 0.6) is 0 Å². The number of piperazine rings is 1. The van der Waals surface area contributed by atoms with Gasteiger partial charge in [0.2, 0.25) is 0 Å². The predicted octanol–water partition coefficient (Wildman–Crippen LogP) is 8.07. The van der Waals surface area contributed by atoms with Crippen LogP contribution in [0, 0.1) is 6.92 Å². The van der Waals surface area contributed by atoms with Gasteiger partial charge < -0.3 is 4.98 Å². The Bertz CT molecular complexity index is 1200. The summed E-state index contributed by atoms with van der Waals surface area (Å²) in [7, 11) is 0. The van der Waals surface area contributed by atoms with E-state index in [1.165, 1.54) is 28.1 Å². The molecule has 1 unspecified atom stereocenters. The third-order valence-electron chi connectivity index (χ3n) is 7.58. The van der Waals surface area contributed by atoms with Gasteiger partial charge in [-0.05, 0) is 30.9 Å². The Morgan fingerprint density at radius 2 is 1.23 bits per heavy atom. The van der Waals surface area contributed by atoms with Crippen LogP contribution in [-0.2, 0) is 6.42 Å². The summed E-state index contributed by atoms with van der Waals surface area (Å²) in [6.07, 6.45) is 2.03. The Kier molecular flexibility index (Phi) is 13.0. The number of H-pyrrole nitrogens is 1. The Balaban J connectivity index is 0.00000178. The SMILES string of the molecule is CCc1[nH]c(-c2ccc(C)cc2)nc1C(CC)N1CCN(C(c2ccccc2)c2ccccc2)CC1.Cl.Cl.Cl. The van der Waals surface area contributed by atoms with Crippen molar-refractivity contribution < 1.29 is 0 Å². The number of rotatable bonds is 8. The molecule has 1 aliphatic heterocycles. The number of aromatic amines is 1. The van der Waals surface area contributed by atoms with Crippen LogP contribution in [0.1, 0.15) is 60.4 Å². The summed E-state index contributed by atoms with van der Waals surface area (Å²) < 4.78 is 0. The van der Waals surface area contributed by atoms with Gasteiger partial charge in [0.05, 0.1) is 17.8 Å². The fourth-order valence-electron chi connectivity index (χ4n) is 5.63. The molecule has 0 radical (unpaired) electrons. The first-order valence-corrected chi connectivity index (χ1v) is 13.4. The van der Waals surface area contributed by atoms with Crippen molar-refractivity contribution in [3.8, 4) is 11.4 Å². The monoisotopic (exact) mass is 586 g/mol. The average Bonchev–Trinajstić information content (AvgIpc) is 3.36. The molecule has 3 aromatic carbocycles. The molecule has 0 aliphatic carbocycles. The molecule has 4 aromatic rings. The molecular weight excluding hydrogens is 547 g/mol. The molecular formula is C32H41Cl3N4. The van der Waals surface area contributed by atoms with Crippen LogP contribution in [0.25, 0.3) is 11.4 Å². The summed E-state index contributed by atoms with van der Waals surface area (Å²) >= 11 is 0. The number of nitrogens with zero attached hydrogens (tertiary/aromatic N) is 3. The van der Waals surface area contributed by atoms with Crippen molar-refractivity contribution in [3.63, 3.8) is 0 Å². The summed E-state index contributed by atoms with van der Waals surface area (Å²) in [5.74, 6) is 0.993. The molecule has 2 heterocycles. The lowest BCUT2D eigenvalue weighted by Gasteiger charge is -2.42. The molecule has 1 N–H and O–H groups in total. The van der Waals surface area contributed by atoms with Gasteiger partial charge in [-0.1, -0.05) is 104 Å². The zero-order valence-corrected chi connectivity index (χ0v) is 25.5. The highest BCUT2D eigenvalue weighted by Gasteiger charge is 2.31. The highest BCUT2D eigenvalue weighted by Crippen LogP contribution is 2.33. The highest BCUT2D eigenvalue weighted by atomic mass is 35.5. The Morgan fingerprint density at radius 3 is 1.72 bits per heavy atom. The Hall–Kier alpha value is -2.34. The lowest BCUT2D eigenvalue weighted by molar-refractivity contribution is 0.0752. The first-order valence-electron chi connectivity index (χ1n) is 13.4. The van der Waals surface area contributed by atoms with Gasteiger partial charge >= 0.3 is 0 Å². The molecule has 1 saturated heterocycles. The molecule has 210 valence electrons. The second-order valence-corrected chi connectivity index (χ2v) is 9.89. The maximum absolute atomic E-state index is 5.17. The number of nitrogens with one attached hydrogen (secondary N) is 1. The summed E-state index contributed by atoms with van der Waals surface area (Å²) in [5.41, 5.74) is 7.67. The second kappa shape index (κ2) is 15.4. The van der Waals surface area contributed by atoms with Crippen molar-refractivity contribution in [1.29, 1.82) is 0 Å². The third kappa shape index (κ3) is 7.45. The second-order valence-electron chi connectivity index (χ2n) is 9.89. The third-order valence-corrected chi connectivity index (χ3v) is 7.58. The molecule has 7 heteroatoms. The highest BCUT2D eigenvalue weighted by molar-refractivity contribution is 5.86. The predicted molar refractivity (Wildman–Crippen MR) is 171 cm³/mol. The summed E-state index contributed by atoms with van der Waals surface area (Å²) in [5, 5.41) is 0. The first kappa shape index (κ1) is 32.9. The topological polar surface area (TPSA) is 35.2 Å². The van der Waals surface area contributed by atoms with Crippen molar-refractivity contribution in [2.75, 3.05) is 26.2 Å². The number of aromatic nitrogens is 2. The number of imidazole rings is 1. The van der Waals surface area contributed by atoms with E-state index in [4.69, 9.17) is 4.98 Å². The van der Waals surface area contributed by atoms with Gasteiger partial charge in [-0.3, -0.25) is 9.80 Å². The molecule has 0 spiro atoms. The van der Waals surface area contributed by atoms with E-state index in [0.29, 0.717) is 12.1 Å². The quantitative estimate of drug-likeness (QED) is 0.226.